The topological polar surface area (TPSA) is 73.5 Å². The summed E-state index contributed by atoms with van der Waals surface area (Å²) in [5.41, 5.74) is 2.24. The highest BCUT2D eigenvalue weighted by molar-refractivity contribution is 5.98. The average molecular weight is 317 g/mol. The zero-order chi connectivity index (χ0) is 16.7. The highest BCUT2D eigenvalue weighted by atomic mass is 16.5. The number of benzene rings is 3. The Labute approximate surface area is 139 Å². The molecule has 0 amide bonds. The summed E-state index contributed by atoms with van der Waals surface area (Å²) in [4.78, 5) is 0. The Kier molecular flexibility index (Phi) is 3.06. The third-order valence-electron chi connectivity index (χ3n) is 4.35. The average Bonchev–Trinajstić information content (AvgIpc) is 2.91. The van der Waals surface area contributed by atoms with Crippen molar-refractivity contribution in [3.63, 3.8) is 0 Å². The van der Waals surface area contributed by atoms with Gasteiger partial charge in [-0.2, -0.15) is 0 Å². The van der Waals surface area contributed by atoms with Crippen LogP contribution in [-0.2, 0) is 10.3 Å². The molecule has 4 rings (SSSR count). The lowest BCUT2D eigenvalue weighted by molar-refractivity contribution is 0.157. The van der Waals surface area contributed by atoms with Crippen molar-refractivity contribution < 1.29 is 14.9 Å². The molecule has 3 aromatic rings. The van der Waals surface area contributed by atoms with E-state index in [1.54, 1.807) is 48.5 Å². The van der Waals surface area contributed by atoms with Gasteiger partial charge < -0.3 is 14.9 Å². The SMILES string of the molecule is N=C1OC(c2ccc(O)cc2)(c2ccc(O)cc2)c2ccccc21. The Morgan fingerprint density at radius 3 is 1.75 bits per heavy atom. The van der Waals surface area contributed by atoms with E-state index in [0.29, 0.717) is 0 Å². The van der Waals surface area contributed by atoms with E-state index in [1.165, 1.54) is 0 Å². The Morgan fingerprint density at radius 1 is 0.708 bits per heavy atom. The Hall–Kier alpha value is -3.27. The maximum absolute atomic E-state index is 9.62. The molecule has 0 unspecified atom stereocenters. The Bertz CT molecular complexity index is 869. The second-order valence-electron chi connectivity index (χ2n) is 5.75. The van der Waals surface area contributed by atoms with E-state index in [-0.39, 0.29) is 17.4 Å². The fourth-order valence-electron chi connectivity index (χ4n) is 3.24. The standard InChI is InChI=1S/C20H15NO3/c21-19-17-3-1-2-4-18(17)20(24-19,13-5-9-15(22)10-6-13)14-7-11-16(23)12-8-14/h1-12,21-23H. The van der Waals surface area contributed by atoms with E-state index in [4.69, 9.17) is 10.1 Å². The number of hydrogen-bond acceptors (Lipinski definition) is 4. The van der Waals surface area contributed by atoms with Crippen LogP contribution in [0.5, 0.6) is 11.5 Å². The maximum Gasteiger partial charge on any atom is 0.215 e. The summed E-state index contributed by atoms with van der Waals surface area (Å²) >= 11 is 0. The highest BCUT2D eigenvalue weighted by Crippen LogP contribution is 2.47. The number of aromatic hydroxyl groups is 2. The molecule has 0 saturated carbocycles. The van der Waals surface area contributed by atoms with Gasteiger partial charge in [-0.25, -0.2) is 0 Å². The van der Waals surface area contributed by atoms with Crippen LogP contribution in [0.2, 0.25) is 0 Å². The number of hydrogen-bond donors (Lipinski definition) is 3. The van der Waals surface area contributed by atoms with Gasteiger partial charge >= 0.3 is 0 Å². The van der Waals surface area contributed by atoms with Crippen LogP contribution in [0.15, 0.2) is 72.8 Å². The van der Waals surface area contributed by atoms with Crippen LogP contribution >= 0.6 is 0 Å². The van der Waals surface area contributed by atoms with E-state index < -0.39 is 5.60 Å². The fraction of sp³-hybridized carbons (Fsp3) is 0.0500. The van der Waals surface area contributed by atoms with Gasteiger partial charge in [-0.1, -0.05) is 42.5 Å². The lowest BCUT2D eigenvalue weighted by Gasteiger charge is -2.30. The molecule has 24 heavy (non-hydrogen) atoms. The molecule has 118 valence electrons. The summed E-state index contributed by atoms with van der Waals surface area (Å²) in [6, 6.07) is 21.2. The van der Waals surface area contributed by atoms with Crippen LogP contribution < -0.4 is 0 Å². The molecule has 0 aliphatic carbocycles. The zero-order valence-electron chi connectivity index (χ0n) is 12.7. The van der Waals surface area contributed by atoms with Crippen molar-refractivity contribution in [1.29, 1.82) is 5.41 Å². The summed E-state index contributed by atoms with van der Waals surface area (Å²) in [5.74, 6) is 0.439. The van der Waals surface area contributed by atoms with Gasteiger partial charge in [0.15, 0.2) is 5.60 Å². The van der Waals surface area contributed by atoms with Gasteiger partial charge in [0.05, 0.1) is 0 Å². The van der Waals surface area contributed by atoms with Crippen molar-refractivity contribution in [1.82, 2.24) is 0 Å². The molecule has 3 aromatic carbocycles. The number of fused-ring (bicyclic) bond motifs is 1. The minimum Gasteiger partial charge on any atom is -0.508 e. The van der Waals surface area contributed by atoms with Gasteiger partial charge in [0.2, 0.25) is 5.90 Å². The van der Waals surface area contributed by atoms with Crippen LogP contribution in [0.1, 0.15) is 22.3 Å². The molecule has 1 aliphatic rings. The van der Waals surface area contributed by atoms with Gasteiger partial charge in [0.25, 0.3) is 0 Å². The molecular formula is C20H15NO3. The largest absolute Gasteiger partial charge is 0.508 e. The van der Waals surface area contributed by atoms with Crippen LogP contribution in [0, 0.1) is 5.41 Å². The van der Waals surface area contributed by atoms with E-state index in [2.05, 4.69) is 0 Å². The molecular weight excluding hydrogens is 302 g/mol. The van der Waals surface area contributed by atoms with E-state index in [9.17, 15) is 10.2 Å². The monoisotopic (exact) mass is 317 g/mol. The number of rotatable bonds is 2. The summed E-state index contributed by atoms with van der Waals surface area (Å²) in [6.45, 7) is 0. The van der Waals surface area contributed by atoms with Gasteiger partial charge in [-0.05, 0) is 30.3 Å². The van der Waals surface area contributed by atoms with E-state index in [1.807, 2.05) is 24.3 Å². The molecule has 1 heterocycles. The molecule has 3 N–H and O–H groups in total. The maximum atomic E-state index is 9.62. The smallest absolute Gasteiger partial charge is 0.215 e. The first-order valence-corrected chi connectivity index (χ1v) is 7.58. The molecule has 0 spiro atoms. The van der Waals surface area contributed by atoms with Crippen molar-refractivity contribution in [3.8, 4) is 11.5 Å². The normalized spacial score (nSPS) is 14.9. The Balaban J connectivity index is 2.03. The van der Waals surface area contributed by atoms with E-state index in [0.717, 1.165) is 22.3 Å². The van der Waals surface area contributed by atoms with Crippen molar-refractivity contribution in [2.45, 2.75) is 5.60 Å². The van der Waals surface area contributed by atoms with E-state index >= 15 is 0 Å². The molecule has 4 nitrogen and oxygen atoms in total. The molecule has 0 radical (unpaired) electrons. The molecule has 0 saturated heterocycles. The lowest BCUT2D eigenvalue weighted by Crippen LogP contribution is -2.29. The minimum atomic E-state index is -0.977. The van der Waals surface area contributed by atoms with Crippen molar-refractivity contribution in [2.75, 3.05) is 0 Å². The highest BCUT2D eigenvalue weighted by Gasteiger charge is 2.46. The van der Waals surface area contributed by atoms with Crippen LogP contribution in [-0.4, -0.2) is 16.1 Å². The summed E-state index contributed by atoms with van der Waals surface area (Å²) in [5, 5.41) is 27.5. The fourth-order valence-corrected chi connectivity index (χ4v) is 3.24. The van der Waals surface area contributed by atoms with Crippen LogP contribution in [0.4, 0.5) is 0 Å². The lowest BCUT2D eigenvalue weighted by atomic mass is 9.80. The predicted octanol–water partition coefficient (Wildman–Crippen LogP) is 3.75. The van der Waals surface area contributed by atoms with Crippen LogP contribution in [0.3, 0.4) is 0 Å². The predicted molar refractivity (Wildman–Crippen MR) is 90.5 cm³/mol. The van der Waals surface area contributed by atoms with Gasteiger partial charge in [-0.3, -0.25) is 5.41 Å². The quantitative estimate of drug-likeness (QED) is 0.674. The second-order valence-corrected chi connectivity index (χ2v) is 5.75. The number of ether oxygens (including phenoxy) is 1. The molecule has 0 bridgehead atoms. The third kappa shape index (κ3) is 1.97. The molecule has 0 atom stereocenters. The first kappa shape index (κ1) is 14.3. The third-order valence-corrected chi connectivity index (χ3v) is 4.35. The first-order chi connectivity index (χ1) is 11.6. The zero-order valence-corrected chi connectivity index (χ0v) is 12.7. The van der Waals surface area contributed by atoms with Crippen molar-refractivity contribution in [3.05, 3.63) is 95.1 Å². The van der Waals surface area contributed by atoms with Crippen molar-refractivity contribution >= 4 is 5.90 Å². The second kappa shape index (κ2) is 5.13. The first-order valence-electron chi connectivity index (χ1n) is 7.58. The number of nitrogens with one attached hydrogen (secondary N) is 1. The molecule has 4 heteroatoms. The number of phenolic OH excluding ortho intramolecular Hbond substituents is 2. The van der Waals surface area contributed by atoms with Crippen molar-refractivity contribution in [2.24, 2.45) is 0 Å². The molecule has 0 aromatic heterocycles. The van der Waals surface area contributed by atoms with Gasteiger partial charge in [0.1, 0.15) is 11.5 Å². The summed E-state index contributed by atoms with van der Waals surface area (Å²) < 4.78 is 6.09. The molecule has 1 aliphatic heterocycles. The summed E-state index contributed by atoms with van der Waals surface area (Å²) in [7, 11) is 0. The number of phenols is 2. The van der Waals surface area contributed by atoms with Crippen LogP contribution in [0.25, 0.3) is 0 Å². The Morgan fingerprint density at radius 2 is 1.21 bits per heavy atom. The van der Waals surface area contributed by atoms with Gasteiger partial charge in [0, 0.05) is 22.3 Å². The molecule has 0 fully saturated rings. The summed E-state index contributed by atoms with van der Waals surface area (Å²) in [6.07, 6.45) is 0. The minimum absolute atomic E-state index is 0.103. The van der Waals surface area contributed by atoms with Gasteiger partial charge in [-0.15, -0.1) is 0 Å².